The van der Waals surface area contributed by atoms with Gasteiger partial charge >= 0.3 is 0 Å². The SMILES string of the molecule is c1ccc2c(c1)-c1cccc([SiH]c3cccc4c3-c3ccccc3-4)c1-2. The molecule has 0 aromatic heterocycles. The molecule has 0 heterocycles. The third kappa shape index (κ3) is 1.71. The van der Waals surface area contributed by atoms with E-state index < -0.39 is 0 Å². The lowest BCUT2D eigenvalue weighted by Crippen LogP contribution is -2.33. The van der Waals surface area contributed by atoms with Gasteiger partial charge in [0.2, 0.25) is 0 Å². The van der Waals surface area contributed by atoms with Crippen LogP contribution in [0.3, 0.4) is 0 Å². The van der Waals surface area contributed by atoms with Crippen molar-refractivity contribution in [3.63, 3.8) is 0 Å². The van der Waals surface area contributed by atoms with Crippen LogP contribution < -0.4 is 10.4 Å². The van der Waals surface area contributed by atoms with Gasteiger partial charge in [-0.1, -0.05) is 95.3 Å². The lowest BCUT2D eigenvalue weighted by molar-refractivity contribution is 1.53. The number of hydrogen-bond donors (Lipinski definition) is 0. The maximum atomic E-state index is 2.33. The number of benzene rings is 4. The van der Waals surface area contributed by atoms with Gasteiger partial charge in [-0.15, -0.1) is 0 Å². The summed E-state index contributed by atoms with van der Waals surface area (Å²) in [6, 6.07) is 31.2. The second-order valence-corrected chi connectivity index (χ2v) is 8.31. The van der Waals surface area contributed by atoms with E-state index in [9.17, 15) is 0 Å². The van der Waals surface area contributed by atoms with E-state index in [-0.39, 0.29) is 9.52 Å². The average molecular weight is 331 g/mol. The molecule has 0 aliphatic heterocycles. The third-order valence-corrected chi connectivity index (χ3v) is 7.06. The van der Waals surface area contributed by atoms with Gasteiger partial charge in [0.25, 0.3) is 0 Å². The van der Waals surface area contributed by atoms with Crippen LogP contribution in [-0.2, 0) is 0 Å². The van der Waals surface area contributed by atoms with E-state index in [1.807, 2.05) is 0 Å². The van der Waals surface area contributed by atoms with Crippen molar-refractivity contribution in [2.24, 2.45) is 0 Å². The largest absolute Gasteiger partial charge is 0.105 e. The summed E-state index contributed by atoms with van der Waals surface area (Å²) in [5.74, 6) is 0. The predicted octanol–water partition coefficient (Wildman–Crippen LogP) is 4.37. The van der Waals surface area contributed by atoms with Gasteiger partial charge in [-0.2, -0.15) is 0 Å². The molecule has 0 unspecified atom stereocenters. The van der Waals surface area contributed by atoms with E-state index in [0.29, 0.717) is 0 Å². The highest BCUT2D eigenvalue weighted by atomic mass is 28.2. The van der Waals surface area contributed by atoms with Crippen molar-refractivity contribution in [1.82, 2.24) is 0 Å². The normalized spacial score (nSPS) is 12.2. The fourth-order valence-electron chi connectivity index (χ4n) is 4.35. The Hall–Kier alpha value is -2.90. The standard InChI is InChI=1S/C24H15Si/c1-3-9-17-15(7-1)19-11-5-13-21(23(17)19)25-22-14-6-12-20-16-8-2-4-10-18(16)24(20)22/h1-14,25H. The van der Waals surface area contributed by atoms with Crippen molar-refractivity contribution >= 4 is 19.9 Å². The summed E-state index contributed by atoms with van der Waals surface area (Å²) in [6.07, 6.45) is 0. The lowest BCUT2D eigenvalue weighted by atomic mass is 9.80. The molecule has 2 aliphatic rings. The molecule has 0 atom stereocenters. The molecule has 4 aromatic carbocycles. The molecule has 0 nitrogen and oxygen atoms in total. The van der Waals surface area contributed by atoms with E-state index in [0.717, 1.165) is 0 Å². The van der Waals surface area contributed by atoms with Gasteiger partial charge in [0.1, 0.15) is 9.52 Å². The zero-order chi connectivity index (χ0) is 16.4. The molecule has 1 radical (unpaired) electrons. The predicted molar refractivity (Wildman–Crippen MR) is 108 cm³/mol. The second-order valence-electron chi connectivity index (χ2n) is 6.78. The van der Waals surface area contributed by atoms with E-state index in [1.54, 1.807) is 0 Å². The van der Waals surface area contributed by atoms with Gasteiger partial charge < -0.3 is 0 Å². The van der Waals surface area contributed by atoms with Gasteiger partial charge in [0.15, 0.2) is 0 Å². The summed E-state index contributed by atoms with van der Waals surface area (Å²) in [6.45, 7) is 0. The third-order valence-electron chi connectivity index (χ3n) is 5.48. The smallest absolute Gasteiger partial charge is 0.0625 e. The Bertz CT molecular complexity index is 1080. The Morgan fingerprint density at radius 2 is 0.760 bits per heavy atom. The summed E-state index contributed by atoms with van der Waals surface area (Å²) >= 11 is 0. The van der Waals surface area contributed by atoms with Crippen molar-refractivity contribution in [3.8, 4) is 44.5 Å². The molecule has 0 amide bonds. The monoisotopic (exact) mass is 331 g/mol. The first kappa shape index (κ1) is 13.4. The Labute approximate surface area is 149 Å². The molecule has 0 saturated heterocycles. The Morgan fingerprint density at radius 1 is 0.360 bits per heavy atom. The van der Waals surface area contributed by atoms with Crippen molar-refractivity contribution in [1.29, 1.82) is 0 Å². The number of hydrogen-bond acceptors (Lipinski definition) is 0. The molecule has 0 fully saturated rings. The van der Waals surface area contributed by atoms with Crippen LogP contribution in [0, 0.1) is 0 Å². The molecule has 25 heavy (non-hydrogen) atoms. The van der Waals surface area contributed by atoms with Crippen LogP contribution in [0.5, 0.6) is 0 Å². The maximum Gasteiger partial charge on any atom is 0.105 e. The zero-order valence-corrected chi connectivity index (χ0v) is 14.8. The highest BCUT2D eigenvalue weighted by Crippen LogP contribution is 2.47. The summed E-state index contributed by atoms with van der Waals surface area (Å²) in [5, 5.41) is 3.04. The van der Waals surface area contributed by atoms with Crippen LogP contribution in [0.1, 0.15) is 0 Å². The number of fused-ring (bicyclic) bond motifs is 8. The first-order valence-corrected chi connectivity index (χ1v) is 9.87. The topological polar surface area (TPSA) is 0 Å². The molecule has 1 heteroatoms. The highest BCUT2D eigenvalue weighted by Gasteiger charge is 2.27. The van der Waals surface area contributed by atoms with Gasteiger partial charge in [0.05, 0.1) is 0 Å². The second kappa shape index (κ2) is 4.81. The first-order valence-electron chi connectivity index (χ1n) is 8.72. The summed E-state index contributed by atoms with van der Waals surface area (Å²) in [4.78, 5) is 0. The van der Waals surface area contributed by atoms with E-state index in [4.69, 9.17) is 0 Å². The van der Waals surface area contributed by atoms with Gasteiger partial charge in [-0.05, 0) is 44.5 Å². The molecule has 6 rings (SSSR count). The van der Waals surface area contributed by atoms with Gasteiger partial charge in [0, 0.05) is 0 Å². The highest BCUT2D eigenvalue weighted by molar-refractivity contribution is 6.71. The van der Waals surface area contributed by atoms with Crippen LogP contribution in [0.25, 0.3) is 44.5 Å². The molecule has 115 valence electrons. The Morgan fingerprint density at radius 3 is 1.24 bits per heavy atom. The fourth-order valence-corrected chi connectivity index (χ4v) is 6.01. The average Bonchev–Trinajstić information content (AvgIpc) is 2.64. The van der Waals surface area contributed by atoms with E-state index >= 15 is 0 Å². The number of rotatable bonds is 2. The zero-order valence-electron chi connectivity index (χ0n) is 13.7. The van der Waals surface area contributed by atoms with E-state index in [1.165, 1.54) is 54.9 Å². The van der Waals surface area contributed by atoms with E-state index in [2.05, 4.69) is 84.9 Å². The van der Waals surface area contributed by atoms with Crippen molar-refractivity contribution < 1.29 is 0 Å². The molecule has 0 bridgehead atoms. The molecule has 0 saturated carbocycles. The molecular formula is C24H15Si. The van der Waals surface area contributed by atoms with Crippen molar-refractivity contribution in [2.45, 2.75) is 0 Å². The van der Waals surface area contributed by atoms with Gasteiger partial charge in [-0.25, -0.2) is 0 Å². The van der Waals surface area contributed by atoms with Crippen LogP contribution in [-0.4, -0.2) is 9.52 Å². The Kier molecular flexibility index (Phi) is 2.58. The van der Waals surface area contributed by atoms with Crippen molar-refractivity contribution in [3.05, 3.63) is 84.9 Å². The summed E-state index contributed by atoms with van der Waals surface area (Å²) < 4.78 is 0. The van der Waals surface area contributed by atoms with Crippen LogP contribution in [0.4, 0.5) is 0 Å². The van der Waals surface area contributed by atoms with Gasteiger partial charge in [-0.3, -0.25) is 0 Å². The molecular weight excluding hydrogens is 316 g/mol. The van der Waals surface area contributed by atoms with Crippen molar-refractivity contribution in [2.75, 3.05) is 0 Å². The fraction of sp³-hybridized carbons (Fsp3) is 0. The lowest BCUT2D eigenvalue weighted by Gasteiger charge is -2.29. The minimum absolute atomic E-state index is 0.0913. The quantitative estimate of drug-likeness (QED) is 0.413. The maximum absolute atomic E-state index is 2.33. The molecule has 0 N–H and O–H groups in total. The summed E-state index contributed by atoms with van der Waals surface area (Å²) in [5.41, 5.74) is 11.5. The van der Waals surface area contributed by atoms with Crippen LogP contribution in [0.2, 0.25) is 0 Å². The summed E-state index contributed by atoms with van der Waals surface area (Å²) in [7, 11) is 0.0913. The minimum Gasteiger partial charge on any atom is -0.0625 e. The van der Waals surface area contributed by atoms with Crippen LogP contribution in [0.15, 0.2) is 84.9 Å². The first-order chi connectivity index (χ1) is 12.4. The molecule has 4 aromatic rings. The minimum atomic E-state index is 0.0913. The molecule has 0 spiro atoms. The van der Waals surface area contributed by atoms with Crippen LogP contribution >= 0.6 is 0 Å². The molecule has 2 aliphatic carbocycles. The Balaban J connectivity index is 1.46.